The molecule has 0 radical (unpaired) electrons. The number of aromatic nitrogens is 1. The topological polar surface area (TPSA) is 19.4 Å². The van der Waals surface area contributed by atoms with Crippen molar-refractivity contribution in [3.8, 4) is 0 Å². The summed E-state index contributed by atoms with van der Waals surface area (Å²) in [5.74, 6) is 1.89. The Morgan fingerprint density at radius 2 is 1.90 bits per heavy atom. The molecule has 3 nitrogen and oxygen atoms in total. The number of pyridine rings is 1. The van der Waals surface area contributed by atoms with Crippen LogP contribution in [0.3, 0.4) is 0 Å². The number of rotatable bonds is 3. The Labute approximate surface area is 134 Å². The highest BCUT2D eigenvalue weighted by Gasteiger charge is 2.24. The minimum atomic E-state index is 0.685. The van der Waals surface area contributed by atoms with Gasteiger partial charge in [-0.2, -0.15) is 0 Å². The zero-order chi connectivity index (χ0) is 13.9. The SMILES string of the molecule is Clc1cnc(N2CCC(CN3CCCC3)CC2)c(Br)c1. The Balaban J connectivity index is 1.55. The van der Waals surface area contributed by atoms with Gasteiger partial charge < -0.3 is 9.80 Å². The molecule has 2 fully saturated rings. The zero-order valence-corrected chi connectivity index (χ0v) is 14.0. The number of hydrogen-bond acceptors (Lipinski definition) is 3. The molecule has 0 atom stereocenters. The van der Waals surface area contributed by atoms with Gasteiger partial charge in [0, 0.05) is 25.8 Å². The van der Waals surface area contributed by atoms with Crippen LogP contribution in [0.1, 0.15) is 25.7 Å². The van der Waals surface area contributed by atoms with E-state index in [1.807, 2.05) is 6.07 Å². The molecule has 0 N–H and O–H groups in total. The third-order valence-electron chi connectivity index (χ3n) is 4.42. The van der Waals surface area contributed by atoms with Gasteiger partial charge in [0.2, 0.25) is 0 Å². The minimum absolute atomic E-state index is 0.685. The Morgan fingerprint density at radius 1 is 1.20 bits per heavy atom. The second-order valence-electron chi connectivity index (χ2n) is 5.90. The van der Waals surface area contributed by atoms with Crippen LogP contribution in [0.4, 0.5) is 5.82 Å². The molecule has 5 heteroatoms. The first-order valence-electron chi connectivity index (χ1n) is 7.51. The molecule has 0 bridgehead atoms. The molecule has 0 saturated carbocycles. The summed E-state index contributed by atoms with van der Waals surface area (Å²) in [5, 5.41) is 0.685. The normalized spacial score (nSPS) is 21.6. The highest BCUT2D eigenvalue weighted by Crippen LogP contribution is 2.30. The van der Waals surface area contributed by atoms with E-state index >= 15 is 0 Å². The molecule has 2 aliphatic rings. The van der Waals surface area contributed by atoms with Crippen LogP contribution in [0.2, 0.25) is 5.02 Å². The van der Waals surface area contributed by atoms with E-state index in [4.69, 9.17) is 11.6 Å². The molecule has 20 heavy (non-hydrogen) atoms. The van der Waals surface area contributed by atoms with Crippen molar-refractivity contribution >= 4 is 33.3 Å². The molecular formula is C15H21BrClN3. The molecule has 2 saturated heterocycles. The molecule has 110 valence electrons. The third kappa shape index (κ3) is 3.46. The van der Waals surface area contributed by atoms with Crippen LogP contribution in [0.15, 0.2) is 16.7 Å². The number of hydrogen-bond donors (Lipinski definition) is 0. The largest absolute Gasteiger partial charge is 0.356 e. The van der Waals surface area contributed by atoms with Crippen LogP contribution in [-0.2, 0) is 0 Å². The van der Waals surface area contributed by atoms with Crippen LogP contribution in [0.5, 0.6) is 0 Å². The number of halogens is 2. The second kappa shape index (κ2) is 6.63. The summed E-state index contributed by atoms with van der Waals surface area (Å²) < 4.78 is 1.00. The highest BCUT2D eigenvalue weighted by atomic mass is 79.9. The van der Waals surface area contributed by atoms with Crippen molar-refractivity contribution in [2.24, 2.45) is 5.92 Å². The molecule has 0 aliphatic carbocycles. The van der Waals surface area contributed by atoms with E-state index in [1.54, 1.807) is 6.20 Å². The van der Waals surface area contributed by atoms with Crippen molar-refractivity contribution in [3.05, 3.63) is 21.8 Å². The molecule has 0 amide bonds. The van der Waals surface area contributed by atoms with Gasteiger partial charge >= 0.3 is 0 Å². The van der Waals surface area contributed by atoms with Gasteiger partial charge in [0.05, 0.1) is 9.50 Å². The summed E-state index contributed by atoms with van der Waals surface area (Å²) in [4.78, 5) is 9.48. The first-order valence-corrected chi connectivity index (χ1v) is 8.68. The molecule has 3 heterocycles. The van der Waals surface area contributed by atoms with Crippen molar-refractivity contribution in [3.63, 3.8) is 0 Å². The van der Waals surface area contributed by atoms with Gasteiger partial charge in [0.25, 0.3) is 0 Å². The Morgan fingerprint density at radius 3 is 2.55 bits per heavy atom. The monoisotopic (exact) mass is 357 g/mol. The van der Waals surface area contributed by atoms with Crippen molar-refractivity contribution in [1.82, 2.24) is 9.88 Å². The number of nitrogens with zero attached hydrogens (tertiary/aromatic N) is 3. The fourth-order valence-corrected chi connectivity index (χ4v) is 4.19. The lowest BCUT2D eigenvalue weighted by Gasteiger charge is -2.35. The standard InChI is InChI=1S/C15H21BrClN3/c16-14-9-13(17)10-18-15(14)20-7-3-12(4-8-20)11-19-5-1-2-6-19/h9-10,12H,1-8,11H2. The maximum Gasteiger partial charge on any atom is 0.142 e. The third-order valence-corrected chi connectivity index (χ3v) is 5.21. The summed E-state index contributed by atoms with van der Waals surface area (Å²) in [7, 11) is 0. The van der Waals surface area contributed by atoms with Crippen LogP contribution in [0, 0.1) is 5.92 Å². The first kappa shape index (κ1) is 14.6. The maximum atomic E-state index is 5.96. The lowest BCUT2D eigenvalue weighted by Crippen LogP contribution is -2.38. The molecule has 1 aromatic heterocycles. The van der Waals surface area contributed by atoms with Gasteiger partial charge in [-0.15, -0.1) is 0 Å². The average Bonchev–Trinajstić information content (AvgIpc) is 2.93. The molecular weight excluding hydrogens is 338 g/mol. The quantitative estimate of drug-likeness (QED) is 0.819. The van der Waals surface area contributed by atoms with E-state index in [9.17, 15) is 0 Å². The fraction of sp³-hybridized carbons (Fsp3) is 0.667. The van der Waals surface area contributed by atoms with Crippen molar-refractivity contribution < 1.29 is 0 Å². The van der Waals surface area contributed by atoms with Crippen molar-refractivity contribution in [2.45, 2.75) is 25.7 Å². The fourth-order valence-electron chi connectivity index (χ4n) is 3.30. The molecule has 3 rings (SSSR count). The maximum absolute atomic E-state index is 5.96. The number of piperidine rings is 1. The van der Waals surface area contributed by atoms with Crippen molar-refractivity contribution in [2.75, 3.05) is 37.6 Å². The molecule has 0 unspecified atom stereocenters. The van der Waals surface area contributed by atoms with E-state index in [2.05, 4.69) is 30.7 Å². The van der Waals surface area contributed by atoms with Crippen molar-refractivity contribution in [1.29, 1.82) is 0 Å². The predicted octanol–water partition coefficient (Wildman–Crippen LogP) is 3.81. The predicted molar refractivity (Wildman–Crippen MR) is 87.6 cm³/mol. The summed E-state index contributed by atoms with van der Waals surface area (Å²) >= 11 is 9.53. The van der Waals surface area contributed by atoms with E-state index in [1.165, 1.54) is 45.3 Å². The van der Waals surface area contributed by atoms with Gasteiger partial charge in [-0.05, 0) is 66.7 Å². The Kier molecular flexibility index (Phi) is 4.84. The summed E-state index contributed by atoms with van der Waals surface area (Å²) in [6.07, 6.45) is 7.05. The van der Waals surface area contributed by atoms with Crippen LogP contribution < -0.4 is 4.90 Å². The van der Waals surface area contributed by atoms with Crippen LogP contribution >= 0.6 is 27.5 Å². The lowest BCUT2D eigenvalue weighted by molar-refractivity contribution is 0.249. The summed E-state index contributed by atoms with van der Waals surface area (Å²) in [6.45, 7) is 6.12. The summed E-state index contributed by atoms with van der Waals surface area (Å²) in [6, 6.07) is 1.93. The molecule has 2 aliphatic heterocycles. The smallest absolute Gasteiger partial charge is 0.142 e. The highest BCUT2D eigenvalue weighted by molar-refractivity contribution is 9.10. The van der Waals surface area contributed by atoms with Gasteiger partial charge in [-0.1, -0.05) is 11.6 Å². The number of anilines is 1. The average molecular weight is 359 g/mol. The first-order chi connectivity index (χ1) is 9.72. The van der Waals surface area contributed by atoms with Gasteiger partial charge in [-0.3, -0.25) is 0 Å². The van der Waals surface area contributed by atoms with Gasteiger partial charge in [-0.25, -0.2) is 4.98 Å². The zero-order valence-electron chi connectivity index (χ0n) is 11.7. The molecule has 1 aromatic rings. The van der Waals surface area contributed by atoms with Crippen LogP contribution in [0.25, 0.3) is 0 Å². The molecule has 0 aromatic carbocycles. The van der Waals surface area contributed by atoms with Gasteiger partial charge in [0.1, 0.15) is 5.82 Å². The van der Waals surface area contributed by atoms with E-state index < -0.39 is 0 Å². The Hall–Kier alpha value is -0.320. The second-order valence-corrected chi connectivity index (χ2v) is 7.19. The van der Waals surface area contributed by atoms with Gasteiger partial charge in [0.15, 0.2) is 0 Å². The van der Waals surface area contributed by atoms with Crippen LogP contribution in [-0.4, -0.2) is 42.6 Å². The van der Waals surface area contributed by atoms with E-state index in [-0.39, 0.29) is 0 Å². The van der Waals surface area contributed by atoms with E-state index in [0.717, 1.165) is 29.3 Å². The van der Waals surface area contributed by atoms with E-state index in [0.29, 0.717) is 5.02 Å². The molecule has 0 spiro atoms. The lowest BCUT2D eigenvalue weighted by atomic mass is 9.96. The summed E-state index contributed by atoms with van der Waals surface area (Å²) in [5.41, 5.74) is 0. The minimum Gasteiger partial charge on any atom is -0.356 e. The number of likely N-dealkylation sites (tertiary alicyclic amines) is 1. The Bertz CT molecular complexity index is 454.